The van der Waals surface area contributed by atoms with Crippen molar-refractivity contribution >= 4 is 23.6 Å². The molecular weight excluding hydrogens is 322 g/mol. The van der Waals surface area contributed by atoms with E-state index in [9.17, 15) is 9.59 Å². The summed E-state index contributed by atoms with van der Waals surface area (Å²) in [5, 5.41) is 2.77. The molecule has 8 nitrogen and oxygen atoms in total. The Hall–Kier alpha value is -2.38. The van der Waals surface area contributed by atoms with Gasteiger partial charge in [-0.05, 0) is 27.2 Å². The Bertz CT molecular complexity index is 607. The Morgan fingerprint density at radius 2 is 1.88 bits per heavy atom. The van der Waals surface area contributed by atoms with Crippen molar-refractivity contribution in [2.24, 2.45) is 0 Å². The molecule has 8 heteroatoms. The molecule has 1 aliphatic heterocycles. The van der Waals surface area contributed by atoms with Gasteiger partial charge in [-0.25, -0.2) is 14.8 Å². The van der Waals surface area contributed by atoms with E-state index in [2.05, 4.69) is 20.2 Å². The molecule has 1 N–H and O–H groups in total. The average molecular weight is 349 g/mol. The van der Waals surface area contributed by atoms with E-state index in [1.807, 2.05) is 27.7 Å². The second-order valence-corrected chi connectivity index (χ2v) is 7.01. The van der Waals surface area contributed by atoms with Gasteiger partial charge in [0.2, 0.25) is 5.91 Å². The zero-order chi connectivity index (χ0) is 18.4. The molecule has 1 aromatic heterocycles. The van der Waals surface area contributed by atoms with E-state index in [0.717, 1.165) is 12.2 Å². The number of amides is 2. The summed E-state index contributed by atoms with van der Waals surface area (Å²) in [5.74, 6) is 1.19. The van der Waals surface area contributed by atoms with Crippen molar-refractivity contribution in [2.75, 3.05) is 36.4 Å². The van der Waals surface area contributed by atoms with Crippen molar-refractivity contribution in [1.29, 1.82) is 0 Å². The third kappa shape index (κ3) is 5.88. The van der Waals surface area contributed by atoms with Crippen LogP contribution in [0.4, 0.5) is 16.4 Å². The summed E-state index contributed by atoms with van der Waals surface area (Å²) in [6.07, 6.45) is 2.41. The fourth-order valence-electron chi connectivity index (χ4n) is 2.47. The fraction of sp³-hybridized carbons (Fsp3) is 0.647. The van der Waals surface area contributed by atoms with Crippen molar-refractivity contribution in [3.63, 3.8) is 0 Å². The third-order valence-electron chi connectivity index (χ3n) is 3.65. The standard InChI is InChI=1S/C17H27N5O3/c1-5-6-15(23)20-13-11-14(19-12-18-13)21-7-9-22(10-8-21)16(24)25-17(2,3)4/h11-12H,5-10H2,1-4H3,(H,18,19,20,23). The Morgan fingerprint density at radius 1 is 1.20 bits per heavy atom. The Kier molecular flexibility index (Phi) is 6.17. The van der Waals surface area contributed by atoms with Crippen LogP contribution in [0.5, 0.6) is 0 Å². The molecule has 0 radical (unpaired) electrons. The molecule has 0 spiro atoms. The van der Waals surface area contributed by atoms with Gasteiger partial charge in [0.05, 0.1) is 0 Å². The van der Waals surface area contributed by atoms with Crippen molar-refractivity contribution in [2.45, 2.75) is 46.1 Å². The highest BCUT2D eigenvalue weighted by molar-refractivity contribution is 5.89. The van der Waals surface area contributed by atoms with Gasteiger partial charge in [-0.3, -0.25) is 4.79 Å². The zero-order valence-electron chi connectivity index (χ0n) is 15.4. The van der Waals surface area contributed by atoms with E-state index in [4.69, 9.17) is 4.74 Å². The van der Waals surface area contributed by atoms with Gasteiger partial charge in [-0.1, -0.05) is 6.92 Å². The van der Waals surface area contributed by atoms with Gasteiger partial charge >= 0.3 is 6.09 Å². The molecule has 0 unspecified atom stereocenters. The van der Waals surface area contributed by atoms with Gasteiger partial charge in [-0.15, -0.1) is 0 Å². The van der Waals surface area contributed by atoms with Crippen LogP contribution in [0.25, 0.3) is 0 Å². The number of aromatic nitrogens is 2. The van der Waals surface area contributed by atoms with Crippen LogP contribution in [-0.2, 0) is 9.53 Å². The first kappa shape index (κ1) is 19.0. The van der Waals surface area contributed by atoms with Crippen LogP contribution < -0.4 is 10.2 Å². The minimum absolute atomic E-state index is 0.0538. The van der Waals surface area contributed by atoms with Crippen LogP contribution in [0.2, 0.25) is 0 Å². The van der Waals surface area contributed by atoms with E-state index in [-0.39, 0.29) is 12.0 Å². The summed E-state index contributed by atoms with van der Waals surface area (Å²) in [5.41, 5.74) is -0.494. The van der Waals surface area contributed by atoms with E-state index in [0.29, 0.717) is 38.4 Å². The Labute approximate surface area is 148 Å². The number of anilines is 2. The van der Waals surface area contributed by atoms with Crippen LogP contribution in [0.15, 0.2) is 12.4 Å². The summed E-state index contributed by atoms with van der Waals surface area (Å²) in [6.45, 7) is 9.96. The molecule has 1 saturated heterocycles. The van der Waals surface area contributed by atoms with E-state index in [1.165, 1.54) is 6.33 Å². The molecule has 2 heterocycles. The van der Waals surface area contributed by atoms with E-state index >= 15 is 0 Å². The zero-order valence-corrected chi connectivity index (χ0v) is 15.4. The van der Waals surface area contributed by atoms with Gasteiger partial charge in [0.25, 0.3) is 0 Å². The lowest BCUT2D eigenvalue weighted by atomic mass is 10.2. The van der Waals surface area contributed by atoms with Crippen molar-refractivity contribution < 1.29 is 14.3 Å². The molecule has 2 rings (SSSR count). The average Bonchev–Trinajstić information content (AvgIpc) is 2.54. The number of nitrogens with one attached hydrogen (secondary N) is 1. The highest BCUT2D eigenvalue weighted by atomic mass is 16.6. The first-order valence-electron chi connectivity index (χ1n) is 8.63. The maximum atomic E-state index is 12.1. The smallest absolute Gasteiger partial charge is 0.410 e. The number of piperazine rings is 1. The molecule has 0 bridgehead atoms. The van der Waals surface area contributed by atoms with Gasteiger partial charge in [0.15, 0.2) is 0 Å². The number of carbonyl (C=O) groups excluding carboxylic acids is 2. The summed E-state index contributed by atoms with van der Waals surface area (Å²) in [4.78, 5) is 35.9. The summed E-state index contributed by atoms with van der Waals surface area (Å²) >= 11 is 0. The second kappa shape index (κ2) is 8.13. The molecule has 1 fully saturated rings. The number of carbonyl (C=O) groups is 2. The Balaban J connectivity index is 1.92. The minimum Gasteiger partial charge on any atom is -0.444 e. The molecule has 25 heavy (non-hydrogen) atoms. The van der Waals surface area contributed by atoms with E-state index < -0.39 is 5.60 Å². The summed E-state index contributed by atoms with van der Waals surface area (Å²) in [7, 11) is 0. The molecule has 1 aliphatic rings. The normalized spacial score (nSPS) is 15.0. The van der Waals surface area contributed by atoms with Crippen LogP contribution in [-0.4, -0.2) is 58.6 Å². The van der Waals surface area contributed by atoms with Crippen LogP contribution in [0.1, 0.15) is 40.5 Å². The molecule has 138 valence electrons. The van der Waals surface area contributed by atoms with Gasteiger partial charge < -0.3 is 19.9 Å². The van der Waals surface area contributed by atoms with Crippen molar-refractivity contribution in [3.8, 4) is 0 Å². The molecule has 0 saturated carbocycles. The summed E-state index contributed by atoms with van der Waals surface area (Å²) in [6, 6.07) is 1.76. The first-order chi connectivity index (χ1) is 11.8. The third-order valence-corrected chi connectivity index (χ3v) is 3.65. The first-order valence-corrected chi connectivity index (χ1v) is 8.63. The lowest BCUT2D eigenvalue weighted by Crippen LogP contribution is -2.50. The van der Waals surface area contributed by atoms with Crippen LogP contribution in [0.3, 0.4) is 0 Å². The number of rotatable bonds is 4. The topological polar surface area (TPSA) is 87.7 Å². The van der Waals surface area contributed by atoms with Crippen molar-refractivity contribution in [3.05, 3.63) is 12.4 Å². The highest BCUT2D eigenvalue weighted by Gasteiger charge is 2.26. The molecule has 0 aliphatic carbocycles. The molecule has 0 aromatic carbocycles. The molecule has 2 amide bonds. The Morgan fingerprint density at radius 3 is 2.48 bits per heavy atom. The molecule has 0 atom stereocenters. The number of hydrogen-bond acceptors (Lipinski definition) is 6. The SMILES string of the molecule is CCCC(=O)Nc1cc(N2CCN(C(=O)OC(C)(C)C)CC2)ncn1. The van der Waals surface area contributed by atoms with Gasteiger partial charge in [0, 0.05) is 38.7 Å². The maximum absolute atomic E-state index is 12.1. The second-order valence-electron chi connectivity index (χ2n) is 7.01. The predicted molar refractivity (Wildman–Crippen MR) is 95.6 cm³/mol. The van der Waals surface area contributed by atoms with Crippen LogP contribution in [0, 0.1) is 0 Å². The summed E-state index contributed by atoms with van der Waals surface area (Å²) < 4.78 is 5.40. The predicted octanol–water partition coefficient (Wildman–Crippen LogP) is 2.27. The number of ether oxygens (including phenoxy) is 1. The van der Waals surface area contributed by atoms with Gasteiger partial charge in [0.1, 0.15) is 23.6 Å². The minimum atomic E-state index is -0.494. The maximum Gasteiger partial charge on any atom is 0.410 e. The highest BCUT2D eigenvalue weighted by Crippen LogP contribution is 2.18. The van der Waals surface area contributed by atoms with Crippen LogP contribution >= 0.6 is 0 Å². The molecule has 1 aromatic rings. The fourth-order valence-corrected chi connectivity index (χ4v) is 2.47. The number of nitrogens with zero attached hydrogens (tertiary/aromatic N) is 4. The largest absolute Gasteiger partial charge is 0.444 e. The quantitative estimate of drug-likeness (QED) is 0.897. The lowest BCUT2D eigenvalue weighted by molar-refractivity contribution is -0.116. The van der Waals surface area contributed by atoms with Crippen molar-refractivity contribution in [1.82, 2.24) is 14.9 Å². The van der Waals surface area contributed by atoms with Gasteiger partial charge in [-0.2, -0.15) is 0 Å². The van der Waals surface area contributed by atoms with E-state index in [1.54, 1.807) is 11.0 Å². The monoisotopic (exact) mass is 349 g/mol. The lowest BCUT2D eigenvalue weighted by Gasteiger charge is -2.36. The number of hydrogen-bond donors (Lipinski definition) is 1. The molecular formula is C17H27N5O3.